The number of halogens is 2. The molecule has 0 aromatic heterocycles. The number of carbonyl (C=O) groups is 1. The Balaban J connectivity index is 2.05. The van der Waals surface area contributed by atoms with E-state index in [1.165, 1.54) is 0 Å². The molecule has 0 spiro atoms. The summed E-state index contributed by atoms with van der Waals surface area (Å²) in [6.07, 6.45) is 7.73. The van der Waals surface area contributed by atoms with Crippen LogP contribution in [0.15, 0.2) is 56.5 Å². The van der Waals surface area contributed by atoms with Crippen molar-refractivity contribution < 1.29 is 14.3 Å². The molecule has 2 aromatic carbocycles. The highest BCUT2D eigenvalue weighted by molar-refractivity contribution is 9.10. The zero-order chi connectivity index (χ0) is 21.7. The van der Waals surface area contributed by atoms with Gasteiger partial charge in [-0.05, 0) is 67.3 Å². The van der Waals surface area contributed by atoms with Crippen molar-refractivity contribution in [3.8, 4) is 11.5 Å². The number of ketones is 1. The van der Waals surface area contributed by atoms with Crippen molar-refractivity contribution in [2.24, 2.45) is 5.92 Å². The minimum atomic E-state index is 0.103. The first-order valence-electron chi connectivity index (χ1n) is 10.1. The lowest BCUT2D eigenvalue weighted by atomic mass is 9.78. The molecule has 1 aliphatic rings. The Morgan fingerprint density at radius 1 is 0.900 bits per heavy atom. The molecule has 5 heteroatoms. The number of benzene rings is 2. The number of ether oxygens (including phenoxy) is 2. The van der Waals surface area contributed by atoms with Crippen LogP contribution in [-0.4, -0.2) is 20.0 Å². The Morgan fingerprint density at radius 2 is 1.37 bits per heavy atom. The predicted octanol–water partition coefficient (Wildman–Crippen LogP) is 7.48. The number of Topliss-reactive ketones (excluding diaryl/α,β-unsaturated/α-hetero) is 1. The van der Waals surface area contributed by atoms with Crippen molar-refractivity contribution in [2.75, 3.05) is 14.2 Å². The van der Waals surface area contributed by atoms with E-state index >= 15 is 0 Å². The van der Waals surface area contributed by atoms with Crippen LogP contribution in [0.4, 0.5) is 0 Å². The summed E-state index contributed by atoms with van der Waals surface area (Å²) in [4.78, 5) is 13.4. The fraction of sp³-hybridized carbons (Fsp3) is 0.320. The predicted molar refractivity (Wildman–Crippen MR) is 130 cm³/mol. The molecular formula is C25H26Br2O3. The van der Waals surface area contributed by atoms with E-state index < -0.39 is 0 Å². The molecule has 30 heavy (non-hydrogen) atoms. The van der Waals surface area contributed by atoms with Gasteiger partial charge in [-0.15, -0.1) is 0 Å². The normalized spacial score (nSPS) is 19.4. The van der Waals surface area contributed by atoms with Gasteiger partial charge in [0.05, 0.1) is 14.2 Å². The molecule has 0 saturated heterocycles. The SMILES string of the molecule is CCCC1C/C(=C/c2cc(Br)ccc2OC)C(=O)/C(=C/c2cc(Br)ccc2OC)C1. The maximum absolute atomic E-state index is 13.4. The van der Waals surface area contributed by atoms with E-state index in [9.17, 15) is 4.79 Å². The number of carbonyl (C=O) groups excluding carboxylic acids is 1. The Labute approximate surface area is 195 Å². The molecule has 0 aliphatic heterocycles. The summed E-state index contributed by atoms with van der Waals surface area (Å²) >= 11 is 7.04. The van der Waals surface area contributed by atoms with Crippen LogP contribution in [0.3, 0.4) is 0 Å². The molecule has 0 bridgehead atoms. The molecule has 1 aliphatic carbocycles. The Bertz CT molecular complexity index is 916. The molecule has 1 fully saturated rings. The quantitative estimate of drug-likeness (QED) is 0.361. The van der Waals surface area contributed by atoms with Crippen molar-refractivity contribution in [1.29, 1.82) is 0 Å². The van der Waals surface area contributed by atoms with Crippen LogP contribution in [0.25, 0.3) is 12.2 Å². The van der Waals surface area contributed by atoms with Crippen molar-refractivity contribution in [1.82, 2.24) is 0 Å². The fourth-order valence-corrected chi connectivity index (χ4v) is 4.72. The van der Waals surface area contributed by atoms with Gasteiger partial charge in [0.25, 0.3) is 0 Å². The topological polar surface area (TPSA) is 35.5 Å². The van der Waals surface area contributed by atoms with Gasteiger partial charge < -0.3 is 9.47 Å². The number of hydrogen-bond donors (Lipinski definition) is 0. The minimum absolute atomic E-state index is 0.103. The van der Waals surface area contributed by atoms with Gasteiger partial charge in [-0.25, -0.2) is 0 Å². The van der Waals surface area contributed by atoms with Crippen molar-refractivity contribution in [2.45, 2.75) is 32.6 Å². The van der Waals surface area contributed by atoms with E-state index in [0.717, 1.165) is 68.4 Å². The van der Waals surface area contributed by atoms with Gasteiger partial charge >= 0.3 is 0 Å². The molecule has 0 radical (unpaired) electrons. The molecule has 3 nitrogen and oxygen atoms in total. The van der Waals surface area contributed by atoms with E-state index in [-0.39, 0.29) is 5.78 Å². The van der Waals surface area contributed by atoms with Crippen molar-refractivity contribution in [3.63, 3.8) is 0 Å². The van der Waals surface area contributed by atoms with Crippen LogP contribution in [-0.2, 0) is 4.79 Å². The summed E-state index contributed by atoms with van der Waals surface area (Å²) in [5, 5.41) is 0. The smallest absolute Gasteiger partial charge is 0.185 e. The first kappa shape index (κ1) is 22.8. The molecule has 0 amide bonds. The van der Waals surface area contributed by atoms with Crippen LogP contribution in [0.1, 0.15) is 43.7 Å². The second kappa shape index (κ2) is 10.5. The lowest BCUT2D eigenvalue weighted by Crippen LogP contribution is -2.20. The van der Waals surface area contributed by atoms with Crippen molar-refractivity contribution in [3.05, 3.63) is 67.6 Å². The molecule has 158 valence electrons. The van der Waals surface area contributed by atoms with Crippen molar-refractivity contribution >= 4 is 49.8 Å². The highest BCUT2D eigenvalue weighted by atomic mass is 79.9. The third kappa shape index (κ3) is 5.44. The minimum Gasteiger partial charge on any atom is -0.496 e. The molecule has 2 aromatic rings. The van der Waals surface area contributed by atoms with Crippen LogP contribution >= 0.6 is 31.9 Å². The second-order valence-corrected chi connectivity index (χ2v) is 9.34. The standard InChI is InChI=1S/C25H26Br2O3/c1-4-5-16-10-19(12-17-14-21(26)6-8-23(17)29-2)25(28)20(11-16)13-18-15-22(27)7-9-24(18)30-3/h6-9,12-16H,4-5,10-11H2,1-3H3/b19-12-,20-13+. The van der Waals surface area contributed by atoms with Gasteiger partial charge in [0.15, 0.2) is 5.78 Å². The monoisotopic (exact) mass is 532 g/mol. The zero-order valence-electron chi connectivity index (χ0n) is 17.5. The maximum Gasteiger partial charge on any atom is 0.185 e. The molecule has 1 saturated carbocycles. The van der Waals surface area contributed by atoms with Crippen LogP contribution in [0.5, 0.6) is 11.5 Å². The van der Waals surface area contributed by atoms with E-state index in [1.54, 1.807) is 14.2 Å². The van der Waals surface area contributed by atoms with Crippen LogP contribution in [0, 0.1) is 5.92 Å². The Kier molecular flexibility index (Phi) is 7.95. The number of allylic oxidation sites excluding steroid dienone is 2. The molecule has 0 heterocycles. The Hall–Kier alpha value is -1.85. The largest absolute Gasteiger partial charge is 0.496 e. The average Bonchev–Trinajstić information content (AvgIpc) is 2.72. The van der Waals surface area contributed by atoms with Crippen LogP contribution in [0.2, 0.25) is 0 Å². The summed E-state index contributed by atoms with van der Waals surface area (Å²) in [5.41, 5.74) is 3.48. The lowest BCUT2D eigenvalue weighted by molar-refractivity contribution is -0.113. The molecule has 3 rings (SSSR count). The molecule has 1 unspecified atom stereocenters. The average molecular weight is 534 g/mol. The van der Waals surface area contributed by atoms with Gasteiger partial charge in [0, 0.05) is 31.2 Å². The highest BCUT2D eigenvalue weighted by Crippen LogP contribution is 2.37. The van der Waals surface area contributed by atoms with E-state index in [0.29, 0.717) is 5.92 Å². The van der Waals surface area contributed by atoms with E-state index in [2.05, 4.69) is 38.8 Å². The van der Waals surface area contributed by atoms with E-state index in [1.807, 2.05) is 48.6 Å². The number of rotatable bonds is 6. The highest BCUT2D eigenvalue weighted by Gasteiger charge is 2.28. The first-order valence-corrected chi connectivity index (χ1v) is 11.7. The Morgan fingerprint density at radius 3 is 1.77 bits per heavy atom. The third-order valence-electron chi connectivity index (χ3n) is 5.34. The van der Waals surface area contributed by atoms with Gasteiger partial charge in [0.1, 0.15) is 11.5 Å². The zero-order valence-corrected chi connectivity index (χ0v) is 20.7. The van der Waals surface area contributed by atoms with E-state index in [4.69, 9.17) is 9.47 Å². The van der Waals surface area contributed by atoms with Gasteiger partial charge in [0.2, 0.25) is 0 Å². The molecule has 0 N–H and O–H groups in total. The summed E-state index contributed by atoms with van der Waals surface area (Å²) in [5.74, 6) is 2.07. The number of methoxy groups -OCH3 is 2. The summed E-state index contributed by atoms with van der Waals surface area (Å²) in [6.45, 7) is 2.19. The van der Waals surface area contributed by atoms with Crippen LogP contribution < -0.4 is 9.47 Å². The summed E-state index contributed by atoms with van der Waals surface area (Å²) < 4.78 is 12.9. The summed E-state index contributed by atoms with van der Waals surface area (Å²) in [7, 11) is 3.30. The summed E-state index contributed by atoms with van der Waals surface area (Å²) in [6, 6.07) is 11.7. The molecular weight excluding hydrogens is 508 g/mol. The number of hydrogen-bond acceptors (Lipinski definition) is 3. The van der Waals surface area contributed by atoms with Gasteiger partial charge in [-0.3, -0.25) is 4.79 Å². The fourth-order valence-electron chi connectivity index (χ4n) is 3.96. The van der Waals surface area contributed by atoms with Gasteiger partial charge in [-0.1, -0.05) is 51.6 Å². The van der Waals surface area contributed by atoms with Gasteiger partial charge in [-0.2, -0.15) is 0 Å². The lowest BCUT2D eigenvalue weighted by Gasteiger charge is -2.26. The third-order valence-corrected chi connectivity index (χ3v) is 6.33. The maximum atomic E-state index is 13.4. The first-order chi connectivity index (χ1) is 14.4. The molecule has 1 atom stereocenters. The second-order valence-electron chi connectivity index (χ2n) is 7.50.